The molecule has 136 valence electrons. The number of phenolic OH excluding ortho intramolecular Hbond substituents is 1. The molecule has 2 atom stereocenters. The van der Waals surface area contributed by atoms with Crippen molar-refractivity contribution in [3.05, 3.63) is 27.7 Å². The van der Waals surface area contributed by atoms with Crippen LogP contribution in [0.15, 0.2) is 12.1 Å². The largest absolute Gasteiger partial charge is 0.508 e. The average molecular weight is 386 g/mol. The average Bonchev–Trinajstić information content (AvgIpc) is 3.03. The smallest absolute Gasteiger partial charge is 0.227 e. The molecule has 1 aromatic rings. The van der Waals surface area contributed by atoms with E-state index in [9.17, 15) is 14.7 Å². The summed E-state index contributed by atoms with van der Waals surface area (Å²) in [6.07, 6.45) is 1.75. The summed E-state index contributed by atoms with van der Waals surface area (Å²) in [5.74, 6) is -0.114. The number of hydrogen-bond acceptors (Lipinski definition) is 4. The molecule has 0 unspecified atom stereocenters. The molecule has 6 nitrogen and oxygen atoms in total. The number of nitrogens with one attached hydrogen (secondary N) is 1. The summed E-state index contributed by atoms with van der Waals surface area (Å²) in [5.41, 5.74) is 6.91. The quantitative estimate of drug-likeness (QED) is 0.741. The summed E-state index contributed by atoms with van der Waals surface area (Å²) in [5, 5.41) is 13.4. The van der Waals surface area contributed by atoms with Crippen LogP contribution in [0.1, 0.15) is 30.9 Å². The van der Waals surface area contributed by atoms with Crippen molar-refractivity contribution in [1.29, 1.82) is 0 Å². The molecule has 0 radical (unpaired) electrons. The number of phenols is 1. The number of carbonyl (C=O) groups excluding carboxylic acids is 2. The highest BCUT2D eigenvalue weighted by atomic mass is 35.5. The van der Waals surface area contributed by atoms with Gasteiger partial charge in [-0.05, 0) is 24.8 Å². The summed E-state index contributed by atoms with van der Waals surface area (Å²) in [6, 6.07) is 2.64. The van der Waals surface area contributed by atoms with Gasteiger partial charge in [-0.1, -0.05) is 23.2 Å². The van der Waals surface area contributed by atoms with Gasteiger partial charge < -0.3 is 21.1 Å². The number of aromatic hydroxyl groups is 1. The van der Waals surface area contributed by atoms with Crippen LogP contribution < -0.4 is 11.1 Å². The zero-order valence-electron chi connectivity index (χ0n) is 13.7. The van der Waals surface area contributed by atoms with Crippen LogP contribution in [-0.2, 0) is 9.59 Å². The third kappa shape index (κ3) is 3.86. The van der Waals surface area contributed by atoms with Crippen molar-refractivity contribution in [3.8, 4) is 5.75 Å². The number of halogens is 2. The minimum Gasteiger partial charge on any atom is -0.508 e. The lowest BCUT2D eigenvalue weighted by Gasteiger charge is -2.36. The first kappa shape index (κ1) is 18.3. The molecule has 0 bridgehead atoms. The maximum Gasteiger partial charge on any atom is 0.227 e. The Morgan fingerprint density at radius 2 is 1.92 bits per heavy atom. The van der Waals surface area contributed by atoms with E-state index < -0.39 is 0 Å². The Morgan fingerprint density at radius 1 is 1.28 bits per heavy atom. The molecule has 2 heterocycles. The first-order valence-electron chi connectivity index (χ1n) is 8.35. The van der Waals surface area contributed by atoms with Crippen LogP contribution in [0.4, 0.5) is 0 Å². The van der Waals surface area contributed by atoms with Crippen LogP contribution in [0.3, 0.4) is 0 Å². The van der Waals surface area contributed by atoms with Crippen molar-refractivity contribution in [2.75, 3.05) is 19.6 Å². The topological polar surface area (TPSA) is 95.7 Å². The van der Waals surface area contributed by atoms with E-state index in [1.165, 1.54) is 6.07 Å². The minimum atomic E-state index is -0.373. The van der Waals surface area contributed by atoms with E-state index in [0.29, 0.717) is 30.2 Å². The lowest BCUT2D eigenvalue weighted by Crippen LogP contribution is -2.44. The third-order valence-electron chi connectivity index (χ3n) is 5.11. The van der Waals surface area contributed by atoms with Gasteiger partial charge in [0.05, 0.1) is 16.0 Å². The zero-order valence-corrected chi connectivity index (χ0v) is 15.2. The number of amides is 2. The predicted molar refractivity (Wildman–Crippen MR) is 95.5 cm³/mol. The minimum absolute atomic E-state index is 0.0303. The van der Waals surface area contributed by atoms with Gasteiger partial charge in [0, 0.05) is 43.7 Å². The number of benzene rings is 1. The Hall–Kier alpha value is -1.50. The van der Waals surface area contributed by atoms with E-state index >= 15 is 0 Å². The molecular formula is C17H21Cl2N3O3. The third-order valence-corrected chi connectivity index (χ3v) is 5.84. The number of piperidine rings is 1. The van der Waals surface area contributed by atoms with Crippen LogP contribution in [0.5, 0.6) is 5.75 Å². The molecule has 0 aromatic heterocycles. The maximum absolute atomic E-state index is 12.5. The summed E-state index contributed by atoms with van der Waals surface area (Å²) >= 11 is 11.9. The highest BCUT2D eigenvalue weighted by molar-refractivity contribution is 6.42. The Kier molecular flexibility index (Phi) is 5.41. The SMILES string of the molecule is N[C@@H](c1cc(Cl)c(Cl)cc1O)C1CCN(C(=O)[C@H]2CNC(=O)C2)CC1. The number of nitrogens with zero attached hydrogens (tertiary/aromatic N) is 1. The van der Waals surface area contributed by atoms with E-state index in [-0.39, 0.29) is 46.9 Å². The molecule has 1 aromatic carbocycles. The first-order valence-corrected chi connectivity index (χ1v) is 9.11. The monoisotopic (exact) mass is 385 g/mol. The molecule has 4 N–H and O–H groups in total. The molecule has 2 fully saturated rings. The standard InChI is InChI=1S/C17H21Cl2N3O3/c18-12-6-11(14(23)7-13(12)19)16(20)9-1-3-22(4-2-9)17(25)10-5-15(24)21-8-10/h6-7,9-10,16,23H,1-5,8,20H2,(H,21,24)/t10-,16-/m1/s1. The van der Waals surface area contributed by atoms with Crippen molar-refractivity contribution in [2.24, 2.45) is 17.6 Å². The van der Waals surface area contributed by atoms with Crippen LogP contribution >= 0.6 is 23.2 Å². The van der Waals surface area contributed by atoms with E-state index in [1.807, 2.05) is 4.90 Å². The molecule has 3 rings (SSSR count). The molecule has 2 aliphatic heterocycles. The van der Waals surface area contributed by atoms with Crippen molar-refractivity contribution < 1.29 is 14.7 Å². The summed E-state index contributed by atoms with van der Waals surface area (Å²) < 4.78 is 0. The van der Waals surface area contributed by atoms with Crippen molar-refractivity contribution in [1.82, 2.24) is 10.2 Å². The number of likely N-dealkylation sites (tertiary alicyclic amines) is 1. The van der Waals surface area contributed by atoms with Gasteiger partial charge in [0.1, 0.15) is 5.75 Å². The summed E-state index contributed by atoms with van der Waals surface area (Å²) in [7, 11) is 0. The number of hydrogen-bond donors (Lipinski definition) is 3. The van der Waals surface area contributed by atoms with Crippen LogP contribution in [-0.4, -0.2) is 41.5 Å². The zero-order chi connectivity index (χ0) is 18.1. The van der Waals surface area contributed by atoms with Gasteiger partial charge in [-0.2, -0.15) is 0 Å². The van der Waals surface area contributed by atoms with E-state index in [0.717, 1.165) is 12.8 Å². The second kappa shape index (κ2) is 7.40. The lowest BCUT2D eigenvalue weighted by molar-refractivity contribution is -0.137. The second-order valence-electron chi connectivity index (χ2n) is 6.72. The normalized spacial score (nSPS) is 22.8. The van der Waals surface area contributed by atoms with Crippen molar-refractivity contribution in [2.45, 2.75) is 25.3 Å². The molecule has 0 spiro atoms. The fraction of sp³-hybridized carbons (Fsp3) is 0.529. The van der Waals surface area contributed by atoms with Gasteiger partial charge in [0.15, 0.2) is 0 Å². The Morgan fingerprint density at radius 3 is 2.52 bits per heavy atom. The van der Waals surface area contributed by atoms with Gasteiger partial charge >= 0.3 is 0 Å². The summed E-state index contributed by atoms with van der Waals surface area (Å²) in [6.45, 7) is 1.63. The second-order valence-corrected chi connectivity index (χ2v) is 7.53. The van der Waals surface area contributed by atoms with Gasteiger partial charge in [0.25, 0.3) is 0 Å². The number of carbonyl (C=O) groups is 2. The van der Waals surface area contributed by atoms with Gasteiger partial charge in [0.2, 0.25) is 11.8 Å². The molecule has 2 aliphatic rings. The fourth-order valence-electron chi connectivity index (χ4n) is 3.59. The molecule has 0 aliphatic carbocycles. The molecular weight excluding hydrogens is 365 g/mol. The Bertz CT molecular complexity index is 690. The number of rotatable bonds is 3. The number of nitrogens with two attached hydrogens (primary N) is 1. The van der Waals surface area contributed by atoms with E-state index in [4.69, 9.17) is 28.9 Å². The van der Waals surface area contributed by atoms with E-state index in [2.05, 4.69) is 5.32 Å². The van der Waals surface area contributed by atoms with Crippen LogP contribution in [0.25, 0.3) is 0 Å². The highest BCUT2D eigenvalue weighted by Gasteiger charge is 2.34. The first-order chi connectivity index (χ1) is 11.9. The highest BCUT2D eigenvalue weighted by Crippen LogP contribution is 2.38. The Labute approximate surface area is 156 Å². The van der Waals surface area contributed by atoms with Crippen LogP contribution in [0, 0.1) is 11.8 Å². The molecule has 2 saturated heterocycles. The predicted octanol–water partition coefficient (Wildman–Crippen LogP) is 2.07. The fourth-order valence-corrected chi connectivity index (χ4v) is 3.92. The molecule has 25 heavy (non-hydrogen) atoms. The van der Waals surface area contributed by atoms with E-state index in [1.54, 1.807) is 6.07 Å². The maximum atomic E-state index is 12.5. The van der Waals surface area contributed by atoms with Gasteiger partial charge in [-0.15, -0.1) is 0 Å². The molecule has 8 heteroatoms. The van der Waals surface area contributed by atoms with Crippen molar-refractivity contribution in [3.63, 3.8) is 0 Å². The van der Waals surface area contributed by atoms with Gasteiger partial charge in [-0.25, -0.2) is 0 Å². The summed E-state index contributed by atoms with van der Waals surface area (Å²) in [4.78, 5) is 25.5. The Balaban J connectivity index is 1.61. The van der Waals surface area contributed by atoms with Crippen molar-refractivity contribution >= 4 is 35.0 Å². The molecule has 2 amide bonds. The van der Waals surface area contributed by atoms with Gasteiger partial charge in [-0.3, -0.25) is 9.59 Å². The molecule has 0 saturated carbocycles. The lowest BCUT2D eigenvalue weighted by atomic mass is 9.85. The van der Waals surface area contributed by atoms with Crippen LogP contribution in [0.2, 0.25) is 10.0 Å².